The zero-order valence-electron chi connectivity index (χ0n) is 17.2. The van der Waals surface area contributed by atoms with E-state index in [-0.39, 0.29) is 24.2 Å². The quantitative estimate of drug-likeness (QED) is 0.706. The number of hydrogen-bond donors (Lipinski definition) is 0. The van der Waals surface area contributed by atoms with Crippen molar-refractivity contribution in [2.45, 2.75) is 26.3 Å². The number of carbonyl (C=O) groups excluding carboxylic acids is 2. The van der Waals surface area contributed by atoms with Crippen molar-refractivity contribution in [2.24, 2.45) is 5.92 Å². The van der Waals surface area contributed by atoms with Crippen LogP contribution in [0, 0.1) is 11.7 Å². The molecule has 0 spiro atoms. The number of rotatable bonds is 5. The molecule has 156 valence electrons. The van der Waals surface area contributed by atoms with Crippen LogP contribution in [0.1, 0.15) is 30.9 Å². The molecule has 2 aromatic carbocycles. The predicted molar refractivity (Wildman–Crippen MR) is 112 cm³/mol. The Morgan fingerprint density at radius 2 is 1.73 bits per heavy atom. The maximum atomic E-state index is 13.4. The highest BCUT2D eigenvalue weighted by Crippen LogP contribution is 2.35. The molecule has 2 aliphatic heterocycles. The van der Waals surface area contributed by atoms with Crippen LogP contribution in [0.5, 0.6) is 5.75 Å². The summed E-state index contributed by atoms with van der Waals surface area (Å²) in [4.78, 5) is 30.1. The average molecular weight is 408 g/mol. The van der Waals surface area contributed by atoms with Gasteiger partial charge in [0.25, 0.3) is 11.8 Å². The Kier molecular flexibility index (Phi) is 5.57. The third kappa shape index (κ3) is 3.82. The van der Waals surface area contributed by atoms with Crippen molar-refractivity contribution >= 4 is 17.4 Å². The molecular formula is C24H25FN2O3. The first-order chi connectivity index (χ1) is 14.5. The van der Waals surface area contributed by atoms with E-state index in [9.17, 15) is 14.0 Å². The van der Waals surface area contributed by atoms with Gasteiger partial charge in [0, 0.05) is 13.1 Å². The number of hydrogen-bond acceptors (Lipinski definition) is 4. The van der Waals surface area contributed by atoms with E-state index in [4.69, 9.17) is 4.74 Å². The van der Waals surface area contributed by atoms with Crippen molar-refractivity contribution in [3.05, 3.63) is 71.2 Å². The number of amides is 2. The number of imide groups is 1. The highest BCUT2D eigenvalue weighted by molar-refractivity contribution is 6.35. The Balaban J connectivity index is 1.72. The lowest BCUT2D eigenvalue weighted by atomic mass is 9.98. The van der Waals surface area contributed by atoms with Crippen molar-refractivity contribution in [1.29, 1.82) is 0 Å². The SMILES string of the molecule is COc1ccc(C2=C(N3CCCC(C)C3)C(=O)N(Cc3ccc(F)cc3)C2=O)cc1. The van der Waals surface area contributed by atoms with E-state index < -0.39 is 0 Å². The molecule has 0 N–H and O–H groups in total. The van der Waals surface area contributed by atoms with Gasteiger partial charge in [-0.1, -0.05) is 31.2 Å². The number of ether oxygens (including phenoxy) is 1. The van der Waals surface area contributed by atoms with Crippen LogP contribution in [-0.2, 0) is 16.1 Å². The first-order valence-corrected chi connectivity index (χ1v) is 10.2. The van der Waals surface area contributed by atoms with Gasteiger partial charge < -0.3 is 9.64 Å². The van der Waals surface area contributed by atoms with Gasteiger partial charge in [-0.25, -0.2) is 4.39 Å². The molecule has 2 amide bonds. The fourth-order valence-corrected chi connectivity index (χ4v) is 4.18. The van der Waals surface area contributed by atoms with E-state index in [1.54, 1.807) is 31.4 Å². The molecule has 0 radical (unpaired) electrons. The molecule has 0 aliphatic carbocycles. The zero-order valence-corrected chi connectivity index (χ0v) is 17.2. The molecule has 1 fully saturated rings. The standard InChI is InChI=1S/C24H25FN2O3/c1-16-4-3-13-26(14-16)22-21(18-7-11-20(30-2)12-8-18)23(28)27(24(22)29)15-17-5-9-19(25)10-6-17/h5-12,16H,3-4,13-15H2,1-2H3. The number of halogens is 1. The van der Waals surface area contributed by atoms with Crippen molar-refractivity contribution in [3.63, 3.8) is 0 Å². The summed E-state index contributed by atoms with van der Waals surface area (Å²) in [6.45, 7) is 3.78. The molecule has 6 heteroatoms. The average Bonchev–Trinajstić information content (AvgIpc) is 3.00. The topological polar surface area (TPSA) is 49.9 Å². The lowest BCUT2D eigenvalue weighted by Crippen LogP contribution is -2.39. The van der Waals surface area contributed by atoms with Crippen LogP contribution in [0.25, 0.3) is 5.57 Å². The van der Waals surface area contributed by atoms with E-state index in [1.807, 2.05) is 12.1 Å². The molecule has 2 aliphatic rings. The molecular weight excluding hydrogens is 383 g/mol. The second kappa shape index (κ2) is 8.30. The molecule has 0 saturated carbocycles. The number of benzene rings is 2. The molecule has 1 unspecified atom stereocenters. The summed E-state index contributed by atoms with van der Waals surface area (Å²) < 4.78 is 18.5. The van der Waals surface area contributed by atoms with Crippen LogP contribution < -0.4 is 4.74 Å². The summed E-state index contributed by atoms with van der Waals surface area (Å²) in [6.07, 6.45) is 2.10. The molecule has 5 nitrogen and oxygen atoms in total. The second-order valence-corrected chi connectivity index (χ2v) is 7.97. The predicted octanol–water partition coefficient (Wildman–Crippen LogP) is 3.85. The summed E-state index contributed by atoms with van der Waals surface area (Å²) in [5, 5.41) is 0. The Bertz CT molecular complexity index is 983. The Hall–Kier alpha value is -3.15. The maximum absolute atomic E-state index is 13.4. The van der Waals surface area contributed by atoms with Gasteiger partial charge in [-0.05, 0) is 54.2 Å². The number of carbonyl (C=O) groups is 2. The zero-order chi connectivity index (χ0) is 21.3. The molecule has 1 saturated heterocycles. The van der Waals surface area contributed by atoms with Crippen LogP contribution >= 0.6 is 0 Å². The monoisotopic (exact) mass is 408 g/mol. The summed E-state index contributed by atoms with van der Waals surface area (Å²) in [5.41, 5.74) is 2.31. The molecule has 0 aromatic heterocycles. The van der Waals surface area contributed by atoms with Crippen molar-refractivity contribution in [2.75, 3.05) is 20.2 Å². The molecule has 2 heterocycles. The minimum absolute atomic E-state index is 0.116. The number of nitrogens with zero attached hydrogens (tertiary/aromatic N) is 2. The van der Waals surface area contributed by atoms with E-state index >= 15 is 0 Å². The minimum atomic E-state index is -0.349. The van der Waals surface area contributed by atoms with E-state index in [0.29, 0.717) is 34.1 Å². The van der Waals surface area contributed by atoms with E-state index in [1.165, 1.54) is 17.0 Å². The van der Waals surface area contributed by atoms with Gasteiger partial charge in [-0.15, -0.1) is 0 Å². The normalized spacial score (nSPS) is 19.6. The number of piperidine rings is 1. The lowest BCUT2D eigenvalue weighted by Gasteiger charge is -2.33. The van der Waals surface area contributed by atoms with Gasteiger partial charge in [0.1, 0.15) is 17.3 Å². The summed E-state index contributed by atoms with van der Waals surface area (Å²) in [7, 11) is 1.59. The molecule has 0 bridgehead atoms. The van der Waals surface area contributed by atoms with Crippen LogP contribution in [0.15, 0.2) is 54.2 Å². The van der Waals surface area contributed by atoms with Gasteiger partial charge in [0.05, 0.1) is 19.2 Å². The Labute approximate surface area is 175 Å². The first kappa shape index (κ1) is 20.1. The van der Waals surface area contributed by atoms with Gasteiger partial charge >= 0.3 is 0 Å². The summed E-state index contributed by atoms with van der Waals surface area (Å²) in [6, 6.07) is 13.1. The van der Waals surface area contributed by atoms with Crippen LogP contribution in [0.2, 0.25) is 0 Å². The van der Waals surface area contributed by atoms with Crippen molar-refractivity contribution in [3.8, 4) is 5.75 Å². The van der Waals surface area contributed by atoms with E-state index in [2.05, 4.69) is 11.8 Å². The molecule has 1 atom stereocenters. The molecule has 30 heavy (non-hydrogen) atoms. The lowest BCUT2D eigenvalue weighted by molar-refractivity contribution is -0.138. The second-order valence-electron chi connectivity index (χ2n) is 7.97. The largest absolute Gasteiger partial charge is 0.497 e. The van der Waals surface area contributed by atoms with Crippen molar-refractivity contribution < 1.29 is 18.7 Å². The smallest absolute Gasteiger partial charge is 0.278 e. The number of methoxy groups -OCH3 is 1. The van der Waals surface area contributed by atoms with Gasteiger partial charge in [0.2, 0.25) is 0 Å². The van der Waals surface area contributed by atoms with E-state index in [0.717, 1.165) is 25.9 Å². The fourth-order valence-electron chi connectivity index (χ4n) is 4.18. The molecule has 2 aromatic rings. The van der Waals surface area contributed by atoms with Crippen LogP contribution in [0.3, 0.4) is 0 Å². The van der Waals surface area contributed by atoms with Gasteiger partial charge in [0.15, 0.2) is 0 Å². The minimum Gasteiger partial charge on any atom is -0.497 e. The summed E-state index contributed by atoms with van der Waals surface area (Å²) >= 11 is 0. The van der Waals surface area contributed by atoms with Crippen molar-refractivity contribution in [1.82, 2.24) is 9.80 Å². The molecule has 4 rings (SSSR count). The highest BCUT2D eigenvalue weighted by Gasteiger charge is 2.42. The fraction of sp³-hybridized carbons (Fsp3) is 0.333. The third-order valence-electron chi connectivity index (χ3n) is 5.75. The highest BCUT2D eigenvalue weighted by atomic mass is 19.1. The first-order valence-electron chi connectivity index (χ1n) is 10.2. The van der Waals surface area contributed by atoms with Crippen LogP contribution in [0.4, 0.5) is 4.39 Å². The number of likely N-dealkylation sites (tertiary alicyclic amines) is 1. The third-order valence-corrected chi connectivity index (χ3v) is 5.75. The Morgan fingerprint density at radius 1 is 1.03 bits per heavy atom. The maximum Gasteiger partial charge on any atom is 0.278 e. The van der Waals surface area contributed by atoms with Gasteiger partial charge in [-0.2, -0.15) is 0 Å². The van der Waals surface area contributed by atoms with Crippen LogP contribution in [-0.4, -0.2) is 41.8 Å². The summed E-state index contributed by atoms with van der Waals surface area (Å²) in [5.74, 6) is 0.190. The van der Waals surface area contributed by atoms with Gasteiger partial charge in [-0.3, -0.25) is 14.5 Å². The Morgan fingerprint density at radius 3 is 2.37 bits per heavy atom.